The summed E-state index contributed by atoms with van der Waals surface area (Å²) in [6, 6.07) is 5.03. The van der Waals surface area contributed by atoms with Gasteiger partial charge in [0.05, 0.1) is 11.3 Å². The fraction of sp³-hybridized carbons (Fsp3) is 0.200. The van der Waals surface area contributed by atoms with Gasteiger partial charge in [0.1, 0.15) is 5.69 Å². The van der Waals surface area contributed by atoms with Gasteiger partial charge in [0, 0.05) is 13.1 Å². The van der Waals surface area contributed by atoms with Crippen molar-refractivity contribution in [3.8, 4) is 0 Å². The Balaban J connectivity index is 2.57. The Morgan fingerprint density at radius 1 is 1.27 bits per heavy atom. The Morgan fingerprint density at radius 2 is 2.07 bits per heavy atom. The third-order valence-corrected chi connectivity index (χ3v) is 2.17. The summed E-state index contributed by atoms with van der Waals surface area (Å²) in [5.41, 5.74) is 1.54. The summed E-state index contributed by atoms with van der Waals surface area (Å²) < 4.78 is 0. The van der Waals surface area contributed by atoms with Gasteiger partial charge in [-0.2, -0.15) is 4.99 Å². The van der Waals surface area contributed by atoms with Gasteiger partial charge in [-0.15, -0.1) is 0 Å². The standard InChI is InChI=1S/C10H9N3O2/c14-6-13-8-3-1-2-7-9(8)11-4-5-12-10(7)15/h1-3,11H,4-5H2,(H,12,15). The minimum atomic E-state index is -0.155. The van der Waals surface area contributed by atoms with Gasteiger partial charge in [-0.25, -0.2) is 4.79 Å². The second-order valence-corrected chi connectivity index (χ2v) is 3.09. The number of nitrogens with one attached hydrogen (secondary N) is 2. The maximum atomic E-state index is 11.6. The first kappa shape index (κ1) is 9.43. The Kier molecular flexibility index (Phi) is 2.48. The normalized spacial score (nSPS) is 14.0. The molecule has 2 N–H and O–H groups in total. The summed E-state index contributed by atoms with van der Waals surface area (Å²) >= 11 is 0. The zero-order valence-electron chi connectivity index (χ0n) is 7.91. The van der Waals surface area contributed by atoms with Crippen LogP contribution in [0.25, 0.3) is 0 Å². The molecule has 0 saturated carbocycles. The van der Waals surface area contributed by atoms with Crippen LogP contribution in [0.5, 0.6) is 0 Å². The van der Waals surface area contributed by atoms with Crippen molar-refractivity contribution >= 4 is 23.4 Å². The van der Waals surface area contributed by atoms with E-state index in [-0.39, 0.29) is 5.91 Å². The largest absolute Gasteiger partial charge is 0.381 e. The third-order valence-electron chi connectivity index (χ3n) is 2.17. The highest BCUT2D eigenvalue weighted by molar-refractivity contribution is 6.02. The average molecular weight is 203 g/mol. The van der Waals surface area contributed by atoms with E-state index in [1.54, 1.807) is 18.2 Å². The van der Waals surface area contributed by atoms with Gasteiger partial charge < -0.3 is 10.6 Å². The number of carbonyl (C=O) groups excluding carboxylic acids is 2. The second-order valence-electron chi connectivity index (χ2n) is 3.09. The number of para-hydroxylation sites is 1. The van der Waals surface area contributed by atoms with E-state index in [0.29, 0.717) is 30.0 Å². The molecule has 0 spiro atoms. The molecule has 76 valence electrons. The summed E-state index contributed by atoms with van der Waals surface area (Å²) in [6.45, 7) is 1.17. The zero-order valence-corrected chi connectivity index (χ0v) is 7.91. The van der Waals surface area contributed by atoms with E-state index in [4.69, 9.17) is 0 Å². The summed E-state index contributed by atoms with van der Waals surface area (Å²) in [6.07, 6.45) is 1.47. The zero-order chi connectivity index (χ0) is 10.7. The molecule has 1 amide bonds. The molecule has 0 unspecified atom stereocenters. The number of hydrogen-bond acceptors (Lipinski definition) is 4. The summed E-state index contributed by atoms with van der Waals surface area (Å²) in [7, 11) is 0. The third kappa shape index (κ3) is 1.73. The number of hydrogen-bond donors (Lipinski definition) is 2. The van der Waals surface area contributed by atoms with Crippen molar-refractivity contribution in [2.24, 2.45) is 4.99 Å². The van der Waals surface area contributed by atoms with E-state index in [2.05, 4.69) is 15.6 Å². The Morgan fingerprint density at radius 3 is 2.87 bits per heavy atom. The molecule has 5 nitrogen and oxygen atoms in total. The molecule has 0 aliphatic carbocycles. The monoisotopic (exact) mass is 203 g/mol. The van der Waals surface area contributed by atoms with Gasteiger partial charge in [-0.05, 0) is 12.1 Å². The molecule has 0 atom stereocenters. The van der Waals surface area contributed by atoms with Crippen molar-refractivity contribution in [3.63, 3.8) is 0 Å². The summed E-state index contributed by atoms with van der Waals surface area (Å²) in [4.78, 5) is 25.3. The number of rotatable bonds is 1. The molecular weight excluding hydrogens is 194 g/mol. The Labute approximate surface area is 86.2 Å². The predicted molar refractivity (Wildman–Crippen MR) is 55.0 cm³/mol. The number of nitrogens with zero attached hydrogens (tertiary/aromatic N) is 1. The highest BCUT2D eigenvalue weighted by Gasteiger charge is 2.16. The quantitative estimate of drug-likeness (QED) is 0.524. The SMILES string of the molecule is O=C=Nc1cccc2c1NCCNC2=O. The molecule has 0 bridgehead atoms. The number of fused-ring (bicyclic) bond motifs is 1. The van der Waals surface area contributed by atoms with Crippen LogP contribution >= 0.6 is 0 Å². The number of amides is 1. The fourth-order valence-corrected chi connectivity index (χ4v) is 1.52. The molecule has 1 aliphatic rings. The first-order valence-corrected chi connectivity index (χ1v) is 4.56. The highest BCUT2D eigenvalue weighted by Crippen LogP contribution is 2.29. The molecule has 1 aromatic carbocycles. The van der Waals surface area contributed by atoms with Gasteiger partial charge >= 0.3 is 0 Å². The fourth-order valence-electron chi connectivity index (χ4n) is 1.52. The van der Waals surface area contributed by atoms with Crippen molar-refractivity contribution in [1.29, 1.82) is 0 Å². The van der Waals surface area contributed by atoms with E-state index in [1.807, 2.05) is 0 Å². The molecule has 1 heterocycles. The minimum absolute atomic E-state index is 0.155. The smallest absolute Gasteiger partial charge is 0.253 e. The van der Waals surface area contributed by atoms with Crippen LogP contribution in [0.2, 0.25) is 0 Å². The summed E-state index contributed by atoms with van der Waals surface area (Å²) in [5.74, 6) is -0.155. The molecule has 0 saturated heterocycles. The number of isocyanates is 1. The Hall–Kier alpha value is -2.13. The van der Waals surface area contributed by atoms with Crippen LogP contribution in [-0.4, -0.2) is 25.1 Å². The van der Waals surface area contributed by atoms with Crippen LogP contribution < -0.4 is 10.6 Å². The summed E-state index contributed by atoms with van der Waals surface area (Å²) in [5, 5.41) is 5.78. The van der Waals surface area contributed by atoms with Crippen LogP contribution in [0, 0.1) is 0 Å². The number of anilines is 1. The second kappa shape index (κ2) is 3.94. The Bertz CT molecular complexity index is 450. The van der Waals surface area contributed by atoms with Crippen LogP contribution in [-0.2, 0) is 4.79 Å². The molecule has 0 aromatic heterocycles. The number of carbonyl (C=O) groups is 1. The van der Waals surface area contributed by atoms with Crippen LogP contribution in [0.4, 0.5) is 11.4 Å². The van der Waals surface area contributed by atoms with Crippen molar-refractivity contribution in [1.82, 2.24) is 5.32 Å². The predicted octanol–water partition coefficient (Wildman–Crippen LogP) is 0.809. The molecule has 1 aromatic rings. The number of benzene rings is 1. The molecule has 5 heteroatoms. The molecular formula is C10H9N3O2. The first-order chi connectivity index (χ1) is 7.33. The molecule has 0 fully saturated rings. The van der Waals surface area contributed by atoms with Crippen LogP contribution in [0.3, 0.4) is 0 Å². The highest BCUT2D eigenvalue weighted by atomic mass is 16.1. The van der Waals surface area contributed by atoms with Crippen molar-refractivity contribution in [2.45, 2.75) is 0 Å². The van der Waals surface area contributed by atoms with Crippen molar-refractivity contribution in [3.05, 3.63) is 23.8 Å². The minimum Gasteiger partial charge on any atom is -0.381 e. The maximum absolute atomic E-state index is 11.6. The maximum Gasteiger partial charge on any atom is 0.253 e. The molecule has 0 radical (unpaired) electrons. The first-order valence-electron chi connectivity index (χ1n) is 4.56. The molecule has 1 aliphatic heterocycles. The van der Waals surface area contributed by atoms with Crippen LogP contribution in [0.15, 0.2) is 23.2 Å². The lowest BCUT2D eigenvalue weighted by atomic mass is 10.1. The van der Waals surface area contributed by atoms with Crippen molar-refractivity contribution in [2.75, 3.05) is 18.4 Å². The van der Waals surface area contributed by atoms with E-state index in [9.17, 15) is 9.59 Å². The van der Waals surface area contributed by atoms with Crippen molar-refractivity contribution < 1.29 is 9.59 Å². The van der Waals surface area contributed by atoms with Gasteiger partial charge in [0.15, 0.2) is 0 Å². The average Bonchev–Trinajstić information content (AvgIpc) is 2.43. The van der Waals surface area contributed by atoms with Crippen LogP contribution in [0.1, 0.15) is 10.4 Å². The van der Waals surface area contributed by atoms with E-state index in [1.165, 1.54) is 6.08 Å². The van der Waals surface area contributed by atoms with Gasteiger partial charge in [-0.3, -0.25) is 4.79 Å². The topological polar surface area (TPSA) is 70.6 Å². The molecule has 2 rings (SSSR count). The van der Waals surface area contributed by atoms with E-state index in [0.717, 1.165) is 0 Å². The van der Waals surface area contributed by atoms with Gasteiger partial charge in [0.25, 0.3) is 5.91 Å². The number of aliphatic imine (C=N–C) groups is 1. The molecule has 15 heavy (non-hydrogen) atoms. The van der Waals surface area contributed by atoms with E-state index >= 15 is 0 Å². The lowest BCUT2D eigenvalue weighted by Gasteiger charge is -2.07. The van der Waals surface area contributed by atoms with Gasteiger partial charge in [-0.1, -0.05) is 6.07 Å². The lowest BCUT2D eigenvalue weighted by molar-refractivity contribution is 0.0958. The van der Waals surface area contributed by atoms with Gasteiger partial charge in [0.2, 0.25) is 6.08 Å². The van der Waals surface area contributed by atoms with E-state index < -0.39 is 0 Å². The lowest BCUT2D eigenvalue weighted by Crippen LogP contribution is -2.24.